The molecule has 0 unspecified atom stereocenters. The Morgan fingerprint density at radius 2 is 2.04 bits per heavy atom. The van der Waals surface area contributed by atoms with Gasteiger partial charge in [-0.2, -0.15) is 0 Å². The third kappa shape index (κ3) is 3.09. The van der Waals surface area contributed by atoms with Crippen molar-refractivity contribution in [2.24, 2.45) is 0 Å². The molecule has 0 radical (unpaired) electrons. The Bertz CT molecular complexity index is 917. The summed E-state index contributed by atoms with van der Waals surface area (Å²) in [5.74, 6) is 0.880. The van der Waals surface area contributed by atoms with E-state index in [1.807, 2.05) is 31.2 Å². The molecule has 2 aromatic heterocycles. The van der Waals surface area contributed by atoms with Crippen LogP contribution in [0.2, 0.25) is 0 Å². The fourth-order valence-electron chi connectivity index (χ4n) is 3.28. The first-order valence-corrected chi connectivity index (χ1v) is 9.44. The molecule has 6 heteroatoms. The number of nitrogens with zero attached hydrogens (tertiary/aromatic N) is 2. The van der Waals surface area contributed by atoms with Crippen LogP contribution in [-0.2, 0) is 19.4 Å². The summed E-state index contributed by atoms with van der Waals surface area (Å²) in [5, 5.41) is 7.45. The van der Waals surface area contributed by atoms with Crippen LogP contribution in [0.5, 0.6) is 0 Å². The Balaban J connectivity index is 1.52. The first-order valence-electron chi connectivity index (χ1n) is 8.62. The number of carbonyl (C=O) groups excluding carboxylic acids is 1. The van der Waals surface area contributed by atoms with Crippen molar-refractivity contribution in [1.82, 2.24) is 15.3 Å². The molecular formula is C19H20N4OS. The van der Waals surface area contributed by atoms with Gasteiger partial charge in [0.2, 0.25) is 0 Å². The van der Waals surface area contributed by atoms with E-state index < -0.39 is 0 Å². The topological polar surface area (TPSA) is 66.9 Å². The standard InChI is InChI=1S/C19H20N4OS/c1-2-20-18(24)13-8-6-12(7-9-13)10-21-17-16-14-4-3-5-15(14)25-19(16)23-11-22-17/h6-9,11H,2-5,10H2,1H3,(H,20,24)(H,21,22,23). The minimum atomic E-state index is -0.0339. The van der Waals surface area contributed by atoms with E-state index in [1.54, 1.807) is 17.7 Å². The number of rotatable bonds is 5. The molecule has 0 fully saturated rings. The lowest BCUT2D eigenvalue weighted by Crippen LogP contribution is -2.22. The minimum Gasteiger partial charge on any atom is -0.365 e. The van der Waals surface area contributed by atoms with Gasteiger partial charge in [0, 0.05) is 23.5 Å². The number of nitrogens with one attached hydrogen (secondary N) is 2. The van der Waals surface area contributed by atoms with E-state index in [2.05, 4.69) is 20.6 Å². The fraction of sp³-hybridized carbons (Fsp3) is 0.316. The highest BCUT2D eigenvalue weighted by Gasteiger charge is 2.21. The number of benzene rings is 1. The molecule has 0 saturated heterocycles. The molecule has 4 rings (SSSR count). The maximum absolute atomic E-state index is 11.8. The minimum absolute atomic E-state index is 0.0339. The molecule has 1 aliphatic rings. The summed E-state index contributed by atoms with van der Waals surface area (Å²) in [6, 6.07) is 7.68. The van der Waals surface area contributed by atoms with Crippen LogP contribution in [0, 0.1) is 0 Å². The van der Waals surface area contributed by atoms with E-state index in [9.17, 15) is 4.79 Å². The van der Waals surface area contributed by atoms with Gasteiger partial charge in [0.25, 0.3) is 5.91 Å². The Kier molecular flexibility index (Phi) is 4.36. The predicted molar refractivity (Wildman–Crippen MR) is 101 cm³/mol. The molecule has 0 saturated carbocycles. The predicted octanol–water partition coefficient (Wildman–Crippen LogP) is 3.54. The highest BCUT2D eigenvalue weighted by Crippen LogP contribution is 2.39. The number of fused-ring (bicyclic) bond motifs is 3. The van der Waals surface area contributed by atoms with Crippen LogP contribution in [-0.4, -0.2) is 22.4 Å². The highest BCUT2D eigenvalue weighted by atomic mass is 32.1. The molecule has 25 heavy (non-hydrogen) atoms. The van der Waals surface area contributed by atoms with Crippen LogP contribution < -0.4 is 10.6 Å². The first kappa shape index (κ1) is 16.0. The molecule has 0 spiro atoms. The molecule has 0 atom stereocenters. The molecular weight excluding hydrogens is 332 g/mol. The summed E-state index contributed by atoms with van der Waals surface area (Å²) in [6.45, 7) is 3.23. The number of aryl methyl sites for hydroxylation is 2. The first-order chi connectivity index (χ1) is 12.3. The molecule has 2 heterocycles. The smallest absolute Gasteiger partial charge is 0.251 e. The van der Waals surface area contributed by atoms with Crippen LogP contribution in [0.3, 0.4) is 0 Å². The molecule has 3 aromatic rings. The number of aromatic nitrogens is 2. The van der Waals surface area contributed by atoms with Gasteiger partial charge in [-0.05, 0) is 49.4 Å². The SMILES string of the molecule is CCNC(=O)c1ccc(CNc2ncnc3sc4c(c23)CCC4)cc1. The summed E-state index contributed by atoms with van der Waals surface area (Å²) in [5.41, 5.74) is 3.23. The Morgan fingerprint density at radius 1 is 1.20 bits per heavy atom. The lowest BCUT2D eigenvalue weighted by molar-refractivity contribution is 0.0956. The Labute approximate surface area is 150 Å². The molecule has 1 aliphatic carbocycles. The third-order valence-corrected chi connectivity index (χ3v) is 5.71. The van der Waals surface area contributed by atoms with Gasteiger partial charge in [0.15, 0.2) is 0 Å². The fourth-order valence-corrected chi connectivity index (χ4v) is 4.51. The van der Waals surface area contributed by atoms with Crippen molar-refractivity contribution in [1.29, 1.82) is 0 Å². The lowest BCUT2D eigenvalue weighted by Gasteiger charge is -2.08. The normalized spacial score (nSPS) is 13.0. The molecule has 2 N–H and O–H groups in total. The van der Waals surface area contributed by atoms with Gasteiger partial charge in [-0.15, -0.1) is 11.3 Å². The monoisotopic (exact) mass is 352 g/mol. The van der Waals surface area contributed by atoms with E-state index in [-0.39, 0.29) is 5.91 Å². The summed E-state index contributed by atoms with van der Waals surface area (Å²) in [7, 11) is 0. The van der Waals surface area contributed by atoms with Crippen molar-refractivity contribution in [3.8, 4) is 0 Å². The summed E-state index contributed by atoms with van der Waals surface area (Å²) in [6.07, 6.45) is 5.15. The van der Waals surface area contributed by atoms with Crippen LogP contribution in [0.15, 0.2) is 30.6 Å². The maximum atomic E-state index is 11.8. The van der Waals surface area contributed by atoms with Gasteiger partial charge in [-0.3, -0.25) is 4.79 Å². The third-order valence-electron chi connectivity index (χ3n) is 4.51. The van der Waals surface area contributed by atoms with Crippen LogP contribution in [0.1, 0.15) is 39.7 Å². The number of hydrogen-bond acceptors (Lipinski definition) is 5. The zero-order chi connectivity index (χ0) is 17.2. The van der Waals surface area contributed by atoms with E-state index in [0.717, 1.165) is 29.1 Å². The van der Waals surface area contributed by atoms with Crippen molar-refractivity contribution < 1.29 is 4.79 Å². The largest absolute Gasteiger partial charge is 0.365 e. The van der Waals surface area contributed by atoms with Gasteiger partial charge in [0.05, 0.1) is 5.39 Å². The summed E-state index contributed by atoms with van der Waals surface area (Å²) < 4.78 is 0. The van der Waals surface area contributed by atoms with Gasteiger partial charge >= 0.3 is 0 Å². The second kappa shape index (κ2) is 6.80. The number of thiophene rings is 1. The number of hydrogen-bond donors (Lipinski definition) is 2. The van der Waals surface area contributed by atoms with E-state index in [4.69, 9.17) is 0 Å². The zero-order valence-corrected chi connectivity index (χ0v) is 14.9. The highest BCUT2D eigenvalue weighted by molar-refractivity contribution is 7.19. The molecule has 1 amide bonds. The summed E-state index contributed by atoms with van der Waals surface area (Å²) >= 11 is 1.80. The molecule has 0 aliphatic heterocycles. The van der Waals surface area contributed by atoms with Crippen LogP contribution in [0.4, 0.5) is 5.82 Å². The van der Waals surface area contributed by atoms with Crippen molar-refractivity contribution >= 4 is 33.3 Å². The Hall–Kier alpha value is -2.47. The van der Waals surface area contributed by atoms with Gasteiger partial charge in [0.1, 0.15) is 17.0 Å². The Morgan fingerprint density at radius 3 is 2.84 bits per heavy atom. The van der Waals surface area contributed by atoms with E-state index >= 15 is 0 Å². The number of anilines is 1. The van der Waals surface area contributed by atoms with Gasteiger partial charge in [-0.1, -0.05) is 12.1 Å². The van der Waals surface area contributed by atoms with Gasteiger partial charge in [-0.25, -0.2) is 9.97 Å². The second-order valence-corrected chi connectivity index (χ2v) is 7.25. The lowest BCUT2D eigenvalue weighted by atomic mass is 10.1. The number of carbonyl (C=O) groups is 1. The van der Waals surface area contributed by atoms with Crippen molar-refractivity contribution in [2.75, 3.05) is 11.9 Å². The second-order valence-electron chi connectivity index (χ2n) is 6.17. The quantitative estimate of drug-likeness (QED) is 0.737. The summed E-state index contributed by atoms with van der Waals surface area (Å²) in [4.78, 5) is 23.3. The molecule has 128 valence electrons. The van der Waals surface area contributed by atoms with Crippen molar-refractivity contribution in [3.05, 3.63) is 52.2 Å². The van der Waals surface area contributed by atoms with E-state index in [0.29, 0.717) is 18.7 Å². The average molecular weight is 352 g/mol. The molecule has 0 bridgehead atoms. The maximum Gasteiger partial charge on any atom is 0.251 e. The van der Waals surface area contributed by atoms with E-state index in [1.165, 1.54) is 22.2 Å². The molecule has 5 nitrogen and oxygen atoms in total. The number of amides is 1. The van der Waals surface area contributed by atoms with Crippen molar-refractivity contribution in [3.63, 3.8) is 0 Å². The molecule has 1 aromatic carbocycles. The average Bonchev–Trinajstić information content (AvgIpc) is 3.21. The van der Waals surface area contributed by atoms with Gasteiger partial charge < -0.3 is 10.6 Å². The van der Waals surface area contributed by atoms with Crippen molar-refractivity contribution in [2.45, 2.75) is 32.7 Å². The van der Waals surface area contributed by atoms with Crippen LogP contribution in [0.25, 0.3) is 10.2 Å². The van der Waals surface area contributed by atoms with Crippen LogP contribution >= 0.6 is 11.3 Å². The zero-order valence-electron chi connectivity index (χ0n) is 14.1.